The molecule has 0 spiro atoms. The molecule has 4 atom stereocenters. The number of esters is 1. The van der Waals surface area contributed by atoms with Gasteiger partial charge >= 0.3 is 5.97 Å². The predicted octanol–water partition coefficient (Wildman–Crippen LogP) is -0.568. The fourth-order valence-corrected chi connectivity index (χ4v) is 1.87. The van der Waals surface area contributed by atoms with Gasteiger partial charge in [0.1, 0.15) is 39.1 Å². The topological polar surface area (TPSA) is 71.1 Å². The molecule has 6 nitrogen and oxygen atoms in total. The molecule has 0 aromatic carbocycles. The third kappa shape index (κ3) is 3.79. The molecule has 7 heteroatoms. The van der Waals surface area contributed by atoms with Crippen LogP contribution in [0.25, 0.3) is 0 Å². The third-order valence-electron chi connectivity index (χ3n) is 2.77. The summed E-state index contributed by atoms with van der Waals surface area (Å²) in [7, 11) is 8.74. The largest absolute Gasteiger partial charge is 0.463 e. The van der Waals surface area contributed by atoms with E-state index in [1.165, 1.54) is 14.2 Å². The first-order chi connectivity index (χ1) is 8.63. The molecule has 18 heavy (non-hydrogen) atoms. The SMILES string of the molecule is [B]C1OC(COC(=O)CCC=O)C(OC)C1OC. The van der Waals surface area contributed by atoms with Gasteiger partial charge in [0, 0.05) is 26.6 Å². The standard InChI is InChI=1S/C11H17BO6/c1-15-9-7(18-11(12)10(9)16-2)6-17-8(14)4-3-5-13/h5,7,9-11H,3-4,6H2,1-2H3. The average molecular weight is 256 g/mol. The van der Waals surface area contributed by atoms with Crippen molar-refractivity contribution in [2.24, 2.45) is 0 Å². The zero-order valence-corrected chi connectivity index (χ0v) is 10.5. The summed E-state index contributed by atoms with van der Waals surface area (Å²) in [5.41, 5.74) is 0. The molecule has 1 saturated heterocycles. The Kier molecular flexibility index (Phi) is 6.31. The molecule has 4 unspecified atom stereocenters. The highest BCUT2D eigenvalue weighted by Crippen LogP contribution is 2.24. The molecule has 0 bridgehead atoms. The van der Waals surface area contributed by atoms with Gasteiger partial charge in [-0.1, -0.05) is 0 Å². The van der Waals surface area contributed by atoms with Crippen LogP contribution in [0, 0.1) is 0 Å². The van der Waals surface area contributed by atoms with Crippen LogP contribution in [0.3, 0.4) is 0 Å². The summed E-state index contributed by atoms with van der Waals surface area (Å²) in [6.45, 7) is 0.0315. The lowest BCUT2D eigenvalue weighted by Gasteiger charge is -2.20. The van der Waals surface area contributed by atoms with E-state index >= 15 is 0 Å². The van der Waals surface area contributed by atoms with E-state index in [1.807, 2.05) is 0 Å². The first-order valence-electron chi connectivity index (χ1n) is 5.70. The van der Waals surface area contributed by atoms with Crippen LogP contribution in [-0.4, -0.2) is 65.2 Å². The maximum Gasteiger partial charge on any atom is 0.306 e. The van der Waals surface area contributed by atoms with E-state index in [9.17, 15) is 9.59 Å². The van der Waals surface area contributed by atoms with Crippen LogP contribution >= 0.6 is 0 Å². The fourth-order valence-electron chi connectivity index (χ4n) is 1.87. The minimum atomic E-state index is -0.612. The van der Waals surface area contributed by atoms with Crippen molar-refractivity contribution in [1.29, 1.82) is 0 Å². The molecule has 0 N–H and O–H groups in total. The minimum absolute atomic E-state index is 0.0315. The lowest BCUT2D eigenvalue weighted by Crippen LogP contribution is -2.38. The Bertz CT molecular complexity index is 285. The summed E-state index contributed by atoms with van der Waals surface area (Å²) < 4.78 is 20.8. The van der Waals surface area contributed by atoms with Crippen LogP contribution in [0.5, 0.6) is 0 Å². The first-order valence-corrected chi connectivity index (χ1v) is 5.70. The number of rotatable bonds is 7. The van der Waals surface area contributed by atoms with Crippen LogP contribution < -0.4 is 0 Å². The van der Waals surface area contributed by atoms with Crippen molar-refractivity contribution in [1.82, 2.24) is 0 Å². The lowest BCUT2D eigenvalue weighted by atomic mass is 9.93. The monoisotopic (exact) mass is 256 g/mol. The van der Waals surface area contributed by atoms with Gasteiger partial charge in [-0.25, -0.2) is 0 Å². The quantitative estimate of drug-likeness (QED) is 0.345. The van der Waals surface area contributed by atoms with Gasteiger partial charge in [0.2, 0.25) is 0 Å². The molecule has 0 aliphatic carbocycles. The number of methoxy groups -OCH3 is 2. The molecule has 1 fully saturated rings. The number of ether oxygens (including phenoxy) is 4. The highest BCUT2D eigenvalue weighted by atomic mass is 16.6. The zero-order valence-electron chi connectivity index (χ0n) is 10.5. The smallest absolute Gasteiger partial charge is 0.306 e. The number of hydrogen-bond donors (Lipinski definition) is 0. The van der Waals surface area contributed by atoms with Crippen molar-refractivity contribution in [2.45, 2.75) is 37.2 Å². The third-order valence-corrected chi connectivity index (χ3v) is 2.77. The van der Waals surface area contributed by atoms with E-state index in [1.54, 1.807) is 0 Å². The van der Waals surface area contributed by atoms with E-state index in [0.29, 0.717) is 6.29 Å². The highest BCUT2D eigenvalue weighted by Gasteiger charge is 2.43. The Labute approximate surface area is 107 Å². The van der Waals surface area contributed by atoms with E-state index < -0.39 is 24.2 Å². The van der Waals surface area contributed by atoms with Gasteiger partial charge in [0.15, 0.2) is 0 Å². The maximum absolute atomic E-state index is 11.2. The molecule has 0 aromatic rings. The van der Waals surface area contributed by atoms with Crippen molar-refractivity contribution in [2.75, 3.05) is 20.8 Å². The predicted molar refractivity (Wildman–Crippen MR) is 62.3 cm³/mol. The van der Waals surface area contributed by atoms with Crippen molar-refractivity contribution in [3.8, 4) is 0 Å². The summed E-state index contributed by atoms with van der Waals surface area (Å²) in [4.78, 5) is 21.4. The van der Waals surface area contributed by atoms with Crippen molar-refractivity contribution < 1.29 is 28.5 Å². The van der Waals surface area contributed by atoms with Crippen LogP contribution in [0.4, 0.5) is 0 Å². The second kappa shape index (κ2) is 7.50. The molecular formula is C11H17BO6. The van der Waals surface area contributed by atoms with Gasteiger partial charge in [-0.2, -0.15) is 0 Å². The minimum Gasteiger partial charge on any atom is -0.463 e. The molecule has 0 aromatic heterocycles. The Morgan fingerprint density at radius 1 is 1.33 bits per heavy atom. The number of carbonyl (C=O) groups excluding carboxylic acids is 2. The second-order valence-electron chi connectivity index (χ2n) is 3.93. The van der Waals surface area contributed by atoms with Crippen molar-refractivity contribution in [3.05, 3.63) is 0 Å². The van der Waals surface area contributed by atoms with Crippen LogP contribution in [0.1, 0.15) is 12.8 Å². The molecule has 2 radical (unpaired) electrons. The van der Waals surface area contributed by atoms with Gasteiger partial charge in [0.25, 0.3) is 0 Å². The summed E-state index contributed by atoms with van der Waals surface area (Å²) in [6.07, 6.45) is -0.360. The van der Waals surface area contributed by atoms with Gasteiger partial charge < -0.3 is 23.7 Å². The molecule has 1 aliphatic heterocycles. The normalized spacial score (nSPS) is 31.2. The van der Waals surface area contributed by atoms with Gasteiger partial charge in [-0.05, 0) is 0 Å². The van der Waals surface area contributed by atoms with E-state index in [-0.39, 0.29) is 25.6 Å². The summed E-state index contributed by atoms with van der Waals surface area (Å²) in [6, 6.07) is -0.612. The average Bonchev–Trinajstić information content (AvgIpc) is 2.68. The second-order valence-corrected chi connectivity index (χ2v) is 3.93. The summed E-state index contributed by atoms with van der Waals surface area (Å²) >= 11 is 0. The maximum atomic E-state index is 11.2. The molecular weight excluding hydrogens is 239 g/mol. The first kappa shape index (κ1) is 15.1. The molecule has 1 rings (SSSR count). The van der Waals surface area contributed by atoms with E-state index in [2.05, 4.69) is 0 Å². The van der Waals surface area contributed by atoms with Gasteiger partial charge in [-0.3, -0.25) is 4.79 Å². The van der Waals surface area contributed by atoms with Crippen LogP contribution in [0.2, 0.25) is 0 Å². The number of hydrogen-bond acceptors (Lipinski definition) is 6. The Hall–Kier alpha value is -0.915. The number of carbonyl (C=O) groups is 2. The van der Waals surface area contributed by atoms with E-state index in [4.69, 9.17) is 26.8 Å². The van der Waals surface area contributed by atoms with Gasteiger partial charge in [-0.15, -0.1) is 0 Å². The molecule has 0 amide bonds. The Morgan fingerprint density at radius 2 is 2.00 bits per heavy atom. The van der Waals surface area contributed by atoms with Crippen LogP contribution in [0.15, 0.2) is 0 Å². The molecule has 1 aliphatic rings. The summed E-state index contributed by atoms with van der Waals surface area (Å²) in [5, 5.41) is 0. The van der Waals surface area contributed by atoms with Crippen molar-refractivity contribution >= 4 is 20.1 Å². The molecule has 0 saturated carbocycles. The fraction of sp³-hybridized carbons (Fsp3) is 0.818. The van der Waals surface area contributed by atoms with Crippen LogP contribution in [-0.2, 0) is 28.5 Å². The van der Waals surface area contributed by atoms with E-state index in [0.717, 1.165) is 0 Å². The lowest BCUT2D eigenvalue weighted by molar-refractivity contribution is -0.149. The highest BCUT2D eigenvalue weighted by molar-refractivity contribution is 6.11. The summed E-state index contributed by atoms with van der Waals surface area (Å²) in [5.74, 6) is -0.449. The number of aldehydes is 1. The Morgan fingerprint density at radius 3 is 2.56 bits per heavy atom. The molecule has 1 heterocycles. The zero-order chi connectivity index (χ0) is 13.5. The Balaban J connectivity index is 2.42. The van der Waals surface area contributed by atoms with Gasteiger partial charge in [0.05, 0.1) is 6.42 Å². The van der Waals surface area contributed by atoms with Crippen molar-refractivity contribution in [3.63, 3.8) is 0 Å². The molecule has 100 valence electrons.